The Balaban J connectivity index is 1.54. The molecule has 0 radical (unpaired) electrons. The van der Waals surface area contributed by atoms with Crippen molar-refractivity contribution in [3.8, 4) is 0 Å². The van der Waals surface area contributed by atoms with Crippen LogP contribution in [0.25, 0.3) is 5.65 Å². The van der Waals surface area contributed by atoms with E-state index < -0.39 is 5.41 Å². The van der Waals surface area contributed by atoms with Crippen LogP contribution >= 0.6 is 11.6 Å². The molecule has 132 valence electrons. The fourth-order valence-corrected chi connectivity index (χ4v) is 3.35. The van der Waals surface area contributed by atoms with E-state index in [9.17, 15) is 9.59 Å². The minimum atomic E-state index is -0.590. The van der Waals surface area contributed by atoms with E-state index in [4.69, 9.17) is 16.3 Å². The van der Waals surface area contributed by atoms with Crippen LogP contribution in [0.15, 0.2) is 53.3 Å². The van der Waals surface area contributed by atoms with Crippen molar-refractivity contribution in [2.24, 2.45) is 0 Å². The largest absolute Gasteiger partial charge is 0.458 e. The van der Waals surface area contributed by atoms with E-state index in [0.29, 0.717) is 16.4 Å². The van der Waals surface area contributed by atoms with Crippen LogP contribution in [0.4, 0.5) is 0 Å². The number of carbonyl (C=O) groups is 1. The average Bonchev–Trinajstić information content (AvgIpc) is 3.42. The number of hydrogen-bond donors (Lipinski definition) is 0. The van der Waals surface area contributed by atoms with Gasteiger partial charge in [0.05, 0.1) is 11.1 Å². The van der Waals surface area contributed by atoms with Gasteiger partial charge in [-0.15, -0.1) is 0 Å². The lowest BCUT2D eigenvalue weighted by Crippen LogP contribution is -2.24. The molecule has 0 bridgehead atoms. The smallest absolute Gasteiger partial charge is 0.316 e. The number of esters is 1. The molecule has 26 heavy (non-hydrogen) atoms. The maximum atomic E-state index is 12.6. The van der Waals surface area contributed by atoms with Gasteiger partial charge in [0.1, 0.15) is 12.3 Å². The Labute approximate surface area is 155 Å². The summed E-state index contributed by atoms with van der Waals surface area (Å²) in [5, 5.41) is 0.633. The molecule has 3 aromatic rings. The van der Waals surface area contributed by atoms with Crippen molar-refractivity contribution in [2.45, 2.75) is 31.8 Å². The van der Waals surface area contributed by atoms with Gasteiger partial charge in [-0.25, -0.2) is 4.98 Å². The maximum absolute atomic E-state index is 12.6. The molecule has 5 nitrogen and oxygen atoms in total. The molecule has 1 saturated carbocycles. The molecule has 0 aliphatic heterocycles. The number of benzene rings is 1. The molecular weight excluding hydrogens is 352 g/mol. The predicted octanol–water partition coefficient (Wildman–Crippen LogP) is 3.43. The van der Waals surface area contributed by atoms with Crippen molar-refractivity contribution in [2.75, 3.05) is 0 Å². The van der Waals surface area contributed by atoms with Gasteiger partial charge in [-0.1, -0.05) is 29.8 Å². The fourth-order valence-electron chi connectivity index (χ4n) is 3.22. The van der Waals surface area contributed by atoms with E-state index >= 15 is 0 Å². The third-order valence-electron chi connectivity index (χ3n) is 4.82. The first-order valence-electron chi connectivity index (χ1n) is 8.41. The summed E-state index contributed by atoms with van der Waals surface area (Å²) in [5.74, 6) is -0.286. The van der Waals surface area contributed by atoms with Gasteiger partial charge in [0.2, 0.25) is 0 Å². The van der Waals surface area contributed by atoms with Crippen LogP contribution in [0.3, 0.4) is 0 Å². The number of ether oxygens (including phenoxy) is 1. The SMILES string of the molecule is Cc1cccc2nc(COC(=O)C3(c4ccc(Cl)cc4)CC3)cc(=O)n12. The first-order chi connectivity index (χ1) is 12.5. The summed E-state index contributed by atoms with van der Waals surface area (Å²) in [6, 6.07) is 14.1. The number of hydrogen-bond acceptors (Lipinski definition) is 4. The van der Waals surface area contributed by atoms with Gasteiger partial charge in [-0.3, -0.25) is 14.0 Å². The monoisotopic (exact) mass is 368 g/mol. The second kappa shape index (κ2) is 6.25. The Kier molecular flexibility index (Phi) is 4.04. The molecule has 1 fully saturated rings. The molecule has 0 atom stereocenters. The number of halogens is 1. The number of pyridine rings is 1. The van der Waals surface area contributed by atoms with Crippen molar-refractivity contribution in [3.05, 3.63) is 80.9 Å². The van der Waals surface area contributed by atoms with Crippen LogP contribution in [-0.2, 0) is 21.6 Å². The minimum Gasteiger partial charge on any atom is -0.458 e. The molecule has 0 amide bonds. The summed E-state index contributed by atoms with van der Waals surface area (Å²) in [6.45, 7) is 1.83. The summed E-state index contributed by atoms with van der Waals surface area (Å²) < 4.78 is 7.02. The van der Waals surface area contributed by atoms with Crippen molar-refractivity contribution < 1.29 is 9.53 Å². The van der Waals surface area contributed by atoms with Gasteiger partial charge >= 0.3 is 5.97 Å². The zero-order valence-corrected chi connectivity index (χ0v) is 15.0. The number of nitrogens with zero attached hydrogens (tertiary/aromatic N) is 2. The first-order valence-corrected chi connectivity index (χ1v) is 8.79. The summed E-state index contributed by atoms with van der Waals surface area (Å²) in [6.07, 6.45) is 1.50. The Morgan fingerprint density at radius 1 is 1.23 bits per heavy atom. The van der Waals surface area contributed by atoms with Crippen LogP contribution in [0.2, 0.25) is 5.02 Å². The Hall–Kier alpha value is -2.66. The highest BCUT2D eigenvalue weighted by Crippen LogP contribution is 2.49. The average molecular weight is 369 g/mol. The molecule has 0 saturated heterocycles. The topological polar surface area (TPSA) is 60.7 Å². The fraction of sp³-hybridized carbons (Fsp3) is 0.250. The molecule has 1 aromatic carbocycles. The number of carbonyl (C=O) groups excluding carboxylic acids is 1. The molecule has 1 aliphatic carbocycles. The number of aromatic nitrogens is 2. The van der Waals surface area contributed by atoms with Gasteiger partial charge in [-0.2, -0.15) is 0 Å². The maximum Gasteiger partial charge on any atom is 0.316 e. The number of aryl methyl sites for hydroxylation is 1. The molecule has 1 aliphatic rings. The van der Waals surface area contributed by atoms with Crippen molar-refractivity contribution >= 4 is 23.2 Å². The quantitative estimate of drug-likeness (QED) is 0.662. The van der Waals surface area contributed by atoms with E-state index in [1.807, 2.05) is 31.2 Å². The molecule has 2 heterocycles. The van der Waals surface area contributed by atoms with E-state index in [-0.39, 0.29) is 18.1 Å². The van der Waals surface area contributed by atoms with Crippen LogP contribution < -0.4 is 5.56 Å². The van der Waals surface area contributed by atoms with Gasteiger partial charge in [-0.05, 0) is 49.6 Å². The highest BCUT2D eigenvalue weighted by atomic mass is 35.5. The number of rotatable bonds is 4. The van der Waals surface area contributed by atoms with E-state index in [2.05, 4.69) is 4.98 Å². The van der Waals surface area contributed by atoms with Crippen molar-refractivity contribution in [3.63, 3.8) is 0 Å². The summed E-state index contributed by atoms with van der Waals surface area (Å²) in [7, 11) is 0. The second-order valence-electron chi connectivity index (χ2n) is 6.61. The van der Waals surface area contributed by atoms with E-state index in [1.165, 1.54) is 10.5 Å². The zero-order valence-electron chi connectivity index (χ0n) is 14.2. The van der Waals surface area contributed by atoms with Crippen LogP contribution in [0, 0.1) is 6.92 Å². The van der Waals surface area contributed by atoms with Crippen LogP contribution in [-0.4, -0.2) is 15.4 Å². The normalized spacial score (nSPS) is 15.0. The second-order valence-corrected chi connectivity index (χ2v) is 7.05. The van der Waals surface area contributed by atoms with Crippen LogP contribution in [0.1, 0.15) is 29.8 Å². The van der Waals surface area contributed by atoms with E-state index in [1.54, 1.807) is 18.2 Å². The summed E-state index contributed by atoms with van der Waals surface area (Å²) >= 11 is 5.92. The Morgan fingerprint density at radius 2 is 1.96 bits per heavy atom. The predicted molar refractivity (Wildman–Crippen MR) is 98.4 cm³/mol. The molecule has 6 heteroatoms. The van der Waals surface area contributed by atoms with Crippen molar-refractivity contribution in [1.82, 2.24) is 9.38 Å². The molecule has 2 aromatic heterocycles. The van der Waals surface area contributed by atoms with Gasteiger partial charge in [0.25, 0.3) is 5.56 Å². The van der Waals surface area contributed by atoms with Gasteiger partial charge < -0.3 is 4.74 Å². The molecule has 0 N–H and O–H groups in total. The molecule has 0 unspecified atom stereocenters. The molecule has 0 spiro atoms. The van der Waals surface area contributed by atoms with Crippen molar-refractivity contribution in [1.29, 1.82) is 0 Å². The lowest BCUT2D eigenvalue weighted by Gasteiger charge is -2.15. The lowest BCUT2D eigenvalue weighted by atomic mass is 9.96. The highest BCUT2D eigenvalue weighted by molar-refractivity contribution is 6.30. The Morgan fingerprint density at radius 3 is 2.65 bits per heavy atom. The first kappa shape index (κ1) is 16.8. The minimum absolute atomic E-state index is 0.0200. The zero-order chi connectivity index (χ0) is 18.3. The third-order valence-corrected chi connectivity index (χ3v) is 5.07. The van der Waals surface area contributed by atoms with E-state index in [0.717, 1.165) is 24.1 Å². The van der Waals surface area contributed by atoms with Gasteiger partial charge in [0.15, 0.2) is 0 Å². The standard InChI is InChI=1S/C20H17ClN2O3/c1-13-3-2-4-17-22-16(11-18(24)23(13)17)12-26-19(25)20(9-10-20)14-5-7-15(21)8-6-14/h2-8,11H,9-10,12H2,1H3. The third kappa shape index (κ3) is 2.88. The van der Waals surface area contributed by atoms with Crippen LogP contribution in [0.5, 0.6) is 0 Å². The highest BCUT2D eigenvalue weighted by Gasteiger charge is 2.52. The molecule has 4 rings (SSSR count). The summed E-state index contributed by atoms with van der Waals surface area (Å²) in [4.78, 5) is 29.3. The Bertz CT molecular complexity index is 1050. The number of fused-ring (bicyclic) bond motifs is 1. The van der Waals surface area contributed by atoms with Gasteiger partial charge in [0, 0.05) is 16.8 Å². The molecular formula is C20H17ClN2O3. The lowest BCUT2D eigenvalue weighted by molar-refractivity contribution is -0.148. The summed E-state index contributed by atoms with van der Waals surface area (Å²) in [5.41, 5.74) is 1.94.